The highest BCUT2D eigenvalue weighted by Gasteiger charge is 2.26. The minimum absolute atomic E-state index is 0.0713. The molecule has 1 amide bonds. The molecule has 0 saturated carbocycles. The number of carbonyl (C=O) groups excluding carboxylic acids is 1. The van der Waals surface area contributed by atoms with Gasteiger partial charge in [0.05, 0.1) is 16.2 Å². The lowest BCUT2D eigenvalue weighted by Gasteiger charge is -2.27. The van der Waals surface area contributed by atoms with Crippen molar-refractivity contribution in [3.8, 4) is 9.88 Å². The third-order valence-corrected chi connectivity index (χ3v) is 5.78. The van der Waals surface area contributed by atoms with E-state index < -0.39 is 5.60 Å². The Morgan fingerprint density at radius 3 is 2.81 bits per heavy atom. The van der Waals surface area contributed by atoms with Crippen LogP contribution in [0.5, 0.6) is 0 Å². The Hall–Kier alpha value is -1.24. The molecule has 0 bridgehead atoms. The smallest absolute Gasteiger partial charge is 0.263 e. The molecule has 0 spiro atoms. The molecule has 0 aromatic carbocycles. The molecular formula is C15H20N2O2S2. The normalized spacial score (nSPS) is 14.2. The summed E-state index contributed by atoms with van der Waals surface area (Å²) >= 11 is 3.00. The molecule has 0 aliphatic rings. The largest absolute Gasteiger partial charge is 0.388 e. The van der Waals surface area contributed by atoms with E-state index in [-0.39, 0.29) is 18.4 Å². The number of aryl methyl sites for hydroxylation is 1. The molecule has 6 heteroatoms. The average Bonchev–Trinajstić information content (AvgIpc) is 3.04. The van der Waals surface area contributed by atoms with Crippen molar-refractivity contribution in [2.45, 2.75) is 33.3 Å². The van der Waals surface area contributed by atoms with E-state index in [0.717, 1.165) is 15.6 Å². The van der Waals surface area contributed by atoms with Crippen LogP contribution in [-0.2, 0) is 0 Å². The molecule has 2 aromatic heterocycles. The number of hydrogen-bond acceptors (Lipinski definition) is 5. The molecule has 21 heavy (non-hydrogen) atoms. The number of rotatable bonds is 5. The van der Waals surface area contributed by atoms with Gasteiger partial charge in [-0.2, -0.15) is 0 Å². The molecule has 4 nitrogen and oxygen atoms in total. The van der Waals surface area contributed by atoms with Crippen molar-refractivity contribution in [1.29, 1.82) is 0 Å². The van der Waals surface area contributed by atoms with Crippen molar-refractivity contribution in [3.05, 3.63) is 28.1 Å². The van der Waals surface area contributed by atoms with Gasteiger partial charge in [-0.25, -0.2) is 4.98 Å². The van der Waals surface area contributed by atoms with Crippen LogP contribution in [0.4, 0.5) is 0 Å². The molecule has 114 valence electrons. The first-order chi connectivity index (χ1) is 9.81. The summed E-state index contributed by atoms with van der Waals surface area (Å²) in [7, 11) is 0. The topological polar surface area (TPSA) is 62.2 Å². The maximum Gasteiger partial charge on any atom is 0.263 e. The summed E-state index contributed by atoms with van der Waals surface area (Å²) in [4.78, 5) is 18.4. The van der Waals surface area contributed by atoms with E-state index in [0.29, 0.717) is 4.88 Å². The number of hydrogen-bond donors (Lipinski definition) is 2. The molecule has 2 rings (SSSR count). The number of amides is 1. The van der Waals surface area contributed by atoms with Crippen LogP contribution in [0.1, 0.15) is 36.1 Å². The van der Waals surface area contributed by atoms with Gasteiger partial charge in [-0.1, -0.05) is 19.9 Å². The first-order valence-corrected chi connectivity index (χ1v) is 8.52. The Balaban J connectivity index is 2.10. The summed E-state index contributed by atoms with van der Waals surface area (Å²) in [5.74, 6) is -0.101. The van der Waals surface area contributed by atoms with Crippen LogP contribution in [-0.4, -0.2) is 28.1 Å². The Bertz CT molecular complexity index is 616. The van der Waals surface area contributed by atoms with Crippen LogP contribution >= 0.6 is 22.7 Å². The van der Waals surface area contributed by atoms with Crippen LogP contribution in [0.15, 0.2) is 17.5 Å². The zero-order valence-electron chi connectivity index (χ0n) is 12.6. The first-order valence-electron chi connectivity index (χ1n) is 6.83. The quantitative estimate of drug-likeness (QED) is 0.887. The van der Waals surface area contributed by atoms with Gasteiger partial charge in [-0.15, -0.1) is 22.7 Å². The van der Waals surface area contributed by atoms with Gasteiger partial charge in [0.1, 0.15) is 9.88 Å². The summed E-state index contributed by atoms with van der Waals surface area (Å²) in [6.07, 6.45) is 0. The minimum atomic E-state index is -0.912. The Morgan fingerprint density at radius 2 is 2.24 bits per heavy atom. The zero-order chi connectivity index (χ0) is 15.6. The summed E-state index contributed by atoms with van der Waals surface area (Å²) in [5, 5.41) is 15.8. The molecule has 2 aromatic rings. The van der Waals surface area contributed by atoms with Crippen LogP contribution < -0.4 is 5.32 Å². The fourth-order valence-corrected chi connectivity index (χ4v) is 3.44. The van der Waals surface area contributed by atoms with Gasteiger partial charge in [0.2, 0.25) is 0 Å². The molecule has 1 unspecified atom stereocenters. The third-order valence-electron chi connectivity index (χ3n) is 3.59. The lowest BCUT2D eigenvalue weighted by molar-refractivity contribution is 0.0142. The number of aromatic nitrogens is 1. The fraction of sp³-hybridized carbons (Fsp3) is 0.467. The molecule has 0 saturated heterocycles. The van der Waals surface area contributed by atoms with E-state index in [2.05, 4.69) is 10.3 Å². The predicted octanol–water partition coefficient (Wildman–Crippen LogP) is 3.32. The molecule has 2 heterocycles. The van der Waals surface area contributed by atoms with E-state index >= 15 is 0 Å². The van der Waals surface area contributed by atoms with Crippen molar-refractivity contribution in [3.63, 3.8) is 0 Å². The van der Waals surface area contributed by atoms with Gasteiger partial charge < -0.3 is 10.4 Å². The van der Waals surface area contributed by atoms with E-state index in [4.69, 9.17) is 0 Å². The van der Waals surface area contributed by atoms with Gasteiger partial charge in [0.15, 0.2) is 0 Å². The molecule has 1 atom stereocenters. The minimum Gasteiger partial charge on any atom is -0.388 e. The Kier molecular flexibility index (Phi) is 4.81. The molecule has 0 fully saturated rings. The van der Waals surface area contributed by atoms with Crippen LogP contribution in [0.25, 0.3) is 9.88 Å². The van der Waals surface area contributed by atoms with Gasteiger partial charge in [-0.3, -0.25) is 4.79 Å². The van der Waals surface area contributed by atoms with Crippen LogP contribution in [0.2, 0.25) is 0 Å². The lowest BCUT2D eigenvalue weighted by Crippen LogP contribution is -2.44. The SMILES string of the molecule is Cc1nc(-c2cccs2)sc1C(=O)NCC(C)(O)C(C)C. The van der Waals surface area contributed by atoms with Crippen molar-refractivity contribution in [1.82, 2.24) is 10.3 Å². The van der Waals surface area contributed by atoms with Crippen molar-refractivity contribution in [2.75, 3.05) is 6.54 Å². The molecule has 0 radical (unpaired) electrons. The number of carbonyl (C=O) groups is 1. The van der Waals surface area contributed by atoms with Crippen molar-refractivity contribution < 1.29 is 9.90 Å². The highest BCUT2D eigenvalue weighted by atomic mass is 32.1. The second-order valence-corrected chi connectivity index (χ2v) is 7.55. The monoisotopic (exact) mass is 324 g/mol. The first kappa shape index (κ1) is 16.1. The van der Waals surface area contributed by atoms with E-state index in [1.54, 1.807) is 18.3 Å². The number of thiazole rings is 1. The van der Waals surface area contributed by atoms with E-state index in [1.165, 1.54) is 11.3 Å². The highest BCUT2D eigenvalue weighted by Crippen LogP contribution is 2.31. The molecular weight excluding hydrogens is 304 g/mol. The van der Waals surface area contributed by atoms with Gasteiger partial charge in [0, 0.05) is 6.54 Å². The third kappa shape index (κ3) is 3.70. The maximum atomic E-state index is 12.3. The van der Waals surface area contributed by atoms with Gasteiger partial charge >= 0.3 is 0 Å². The summed E-state index contributed by atoms with van der Waals surface area (Å²) in [6.45, 7) is 7.66. The second-order valence-electron chi connectivity index (χ2n) is 5.61. The summed E-state index contributed by atoms with van der Waals surface area (Å²) in [6, 6.07) is 3.96. The molecule has 2 N–H and O–H groups in total. The van der Waals surface area contributed by atoms with E-state index in [9.17, 15) is 9.90 Å². The van der Waals surface area contributed by atoms with Gasteiger partial charge in [0.25, 0.3) is 5.91 Å². The van der Waals surface area contributed by atoms with Crippen LogP contribution in [0.3, 0.4) is 0 Å². The zero-order valence-corrected chi connectivity index (χ0v) is 14.3. The Morgan fingerprint density at radius 1 is 1.52 bits per heavy atom. The number of thiophene rings is 1. The molecule has 0 aliphatic heterocycles. The van der Waals surface area contributed by atoms with Gasteiger partial charge in [-0.05, 0) is 31.2 Å². The Labute approximate surface area is 132 Å². The maximum absolute atomic E-state index is 12.3. The van der Waals surface area contributed by atoms with E-state index in [1.807, 2.05) is 38.3 Å². The number of aliphatic hydroxyl groups is 1. The number of nitrogens with zero attached hydrogens (tertiary/aromatic N) is 1. The summed E-state index contributed by atoms with van der Waals surface area (Å²) < 4.78 is 0. The number of nitrogens with one attached hydrogen (secondary N) is 1. The van der Waals surface area contributed by atoms with Crippen molar-refractivity contribution in [2.24, 2.45) is 5.92 Å². The summed E-state index contributed by atoms with van der Waals surface area (Å²) in [5.41, 5.74) is -0.185. The lowest BCUT2D eigenvalue weighted by atomic mass is 9.92. The average molecular weight is 324 g/mol. The second kappa shape index (κ2) is 6.25. The standard InChI is InChI=1S/C15H20N2O2S2/c1-9(2)15(4,19)8-16-13(18)12-10(3)17-14(21-12)11-6-5-7-20-11/h5-7,9,19H,8H2,1-4H3,(H,16,18). The molecule has 0 aliphatic carbocycles. The van der Waals surface area contributed by atoms with Crippen LogP contribution in [0, 0.1) is 12.8 Å². The fourth-order valence-electron chi connectivity index (χ4n) is 1.66. The predicted molar refractivity (Wildman–Crippen MR) is 88.0 cm³/mol. The highest BCUT2D eigenvalue weighted by molar-refractivity contribution is 7.22. The van der Waals surface area contributed by atoms with Crippen molar-refractivity contribution >= 4 is 28.6 Å².